The van der Waals surface area contributed by atoms with Gasteiger partial charge in [-0.3, -0.25) is 4.79 Å². The monoisotopic (exact) mass is 321 g/mol. The molecule has 0 aromatic heterocycles. The first kappa shape index (κ1) is 15.0. The van der Waals surface area contributed by atoms with Crippen LogP contribution in [-0.2, 0) is 10.4 Å². The molecule has 18 heavy (non-hydrogen) atoms. The molecular weight excluding hydrogens is 308 g/mol. The largest absolute Gasteiger partial charge is 0.383 e. The highest BCUT2D eigenvalue weighted by atomic mass is 79.9. The van der Waals surface area contributed by atoms with Crippen molar-refractivity contribution in [3.63, 3.8) is 0 Å². The Labute approximate surface area is 112 Å². The first-order valence-electron chi connectivity index (χ1n) is 5.43. The molecule has 0 saturated heterocycles. The van der Waals surface area contributed by atoms with Gasteiger partial charge in [-0.2, -0.15) is 8.78 Å². The van der Waals surface area contributed by atoms with Crippen molar-refractivity contribution in [1.82, 2.24) is 5.32 Å². The maximum absolute atomic E-state index is 12.1. The lowest BCUT2D eigenvalue weighted by Gasteiger charge is -2.27. The van der Waals surface area contributed by atoms with Gasteiger partial charge in [0.25, 0.3) is 5.91 Å². The van der Waals surface area contributed by atoms with Crippen molar-refractivity contribution in [3.05, 3.63) is 34.3 Å². The Balaban J connectivity index is 2.79. The van der Waals surface area contributed by atoms with Crippen LogP contribution < -0.4 is 5.32 Å². The smallest absolute Gasteiger partial charge is 0.315 e. The maximum Gasteiger partial charge on any atom is 0.315 e. The average Bonchev–Trinajstić information content (AvgIpc) is 2.36. The third-order valence-corrected chi connectivity index (χ3v) is 3.25. The maximum atomic E-state index is 12.1. The number of alkyl halides is 2. The van der Waals surface area contributed by atoms with E-state index in [2.05, 4.69) is 15.9 Å². The quantitative estimate of drug-likeness (QED) is 0.875. The SMILES string of the molecule is CC[C@](O)(CNC(=O)C(F)F)c1ccc(Br)cc1. The lowest BCUT2D eigenvalue weighted by molar-refractivity contribution is -0.133. The van der Waals surface area contributed by atoms with Gasteiger partial charge in [-0.25, -0.2) is 0 Å². The third kappa shape index (κ3) is 3.74. The van der Waals surface area contributed by atoms with Crippen LogP contribution in [0.5, 0.6) is 0 Å². The van der Waals surface area contributed by atoms with E-state index in [9.17, 15) is 18.7 Å². The van der Waals surface area contributed by atoms with Gasteiger partial charge in [0, 0.05) is 4.47 Å². The van der Waals surface area contributed by atoms with Crippen molar-refractivity contribution < 1.29 is 18.7 Å². The van der Waals surface area contributed by atoms with E-state index >= 15 is 0 Å². The Hall–Kier alpha value is -1.01. The fourth-order valence-electron chi connectivity index (χ4n) is 1.50. The normalized spacial score (nSPS) is 14.3. The second-order valence-corrected chi connectivity index (χ2v) is 4.83. The number of aliphatic hydroxyl groups is 1. The van der Waals surface area contributed by atoms with Crippen LogP contribution in [0.4, 0.5) is 8.78 Å². The van der Waals surface area contributed by atoms with Crippen LogP contribution in [0.2, 0.25) is 0 Å². The van der Waals surface area contributed by atoms with Gasteiger partial charge in [0.1, 0.15) is 5.60 Å². The van der Waals surface area contributed by atoms with Crippen LogP contribution in [0.25, 0.3) is 0 Å². The van der Waals surface area contributed by atoms with E-state index in [1.165, 1.54) is 0 Å². The van der Waals surface area contributed by atoms with Crippen LogP contribution >= 0.6 is 15.9 Å². The number of rotatable bonds is 5. The molecule has 0 radical (unpaired) electrons. The standard InChI is InChI=1S/C12H14BrF2NO2/c1-2-12(18,7-16-11(17)10(14)15)8-3-5-9(13)6-4-8/h3-6,10,18H,2,7H2,1H3,(H,16,17)/t12-/m0/s1. The lowest BCUT2D eigenvalue weighted by Crippen LogP contribution is -2.42. The van der Waals surface area contributed by atoms with E-state index < -0.39 is 17.9 Å². The van der Waals surface area contributed by atoms with Gasteiger partial charge in [0.2, 0.25) is 0 Å². The summed E-state index contributed by atoms with van der Waals surface area (Å²) in [6, 6.07) is 6.85. The summed E-state index contributed by atoms with van der Waals surface area (Å²) in [6.45, 7) is 1.48. The zero-order chi connectivity index (χ0) is 13.8. The molecule has 6 heteroatoms. The number of hydrogen-bond donors (Lipinski definition) is 2. The van der Waals surface area contributed by atoms with Crippen molar-refractivity contribution in [1.29, 1.82) is 0 Å². The van der Waals surface area contributed by atoms with Crippen LogP contribution in [0, 0.1) is 0 Å². The number of benzene rings is 1. The van der Waals surface area contributed by atoms with Crippen LogP contribution in [-0.4, -0.2) is 24.0 Å². The van der Waals surface area contributed by atoms with E-state index in [4.69, 9.17) is 0 Å². The van der Waals surface area contributed by atoms with Gasteiger partial charge >= 0.3 is 6.43 Å². The van der Waals surface area contributed by atoms with Crippen LogP contribution in [0.15, 0.2) is 28.7 Å². The number of carbonyl (C=O) groups is 1. The molecule has 1 atom stereocenters. The molecule has 1 aromatic rings. The summed E-state index contributed by atoms with van der Waals surface area (Å²) < 4.78 is 25.0. The highest BCUT2D eigenvalue weighted by molar-refractivity contribution is 9.10. The van der Waals surface area contributed by atoms with Gasteiger partial charge < -0.3 is 10.4 Å². The highest BCUT2D eigenvalue weighted by Crippen LogP contribution is 2.25. The molecule has 100 valence electrons. The first-order valence-corrected chi connectivity index (χ1v) is 6.22. The van der Waals surface area contributed by atoms with Crippen molar-refractivity contribution >= 4 is 21.8 Å². The van der Waals surface area contributed by atoms with E-state index in [1.807, 2.05) is 5.32 Å². The summed E-state index contributed by atoms with van der Waals surface area (Å²) in [5.74, 6) is -1.38. The predicted octanol–water partition coefficient (Wildman–Crippen LogP) is 2.43. The molecule has 0 saturated carbocycles. The van der Waals surface area contributed by atoms with Gasteiger partial charge in [-0.1, -0.05) is 35.0 Å². The zero-order valence-electron chi connectivity index (χ0n) is 9.79. The van der Waals surface area contributed by atoms with E-state index in [1.54, 1.807) is 31.2 Å². The van der Waals surface area contributed by atoms with Crippen molar-refractivity contribution in [2.75, 3.05) is 6.54 Å². The molecule has 1 aromatic carbocycles. The van der Waals surface area contributed by atoms with Gasteiger partial charge in [0.15, 0.2) is 0 Å². The Kier molecular flexibility index (Phi) is 5.22. The molecular formula is C12H14BrF2NO2. The molecule has 0 aliphatic carbocycles. The summed E-state index contributed by atoms with van der Waals surface area (Å²) in [4.78, 5) is 10.8. The zero-order valence-corrected chi connectivity index (χ0v) is 11.4. The molecule has 0 unspecified atom stereocenters. The molecule has 3 nitrogen and oxygen atoms in total. The van der Waals surface area contributed by atoms with Crippen molar-refractivity contribution in [2.45, 2.75) is 25.4 Å². The summed E-state index contributed by atoms with van der Waals surface area (Å²) in [5, 5.41) is 12.4. The minimum Gasteiger partial charge on any atom is -0.383 e. The topological polar surface area (TPSA) is 49.3 Å². The Morgan fingerprint density at radius 1 is 1.44 bits per heavy atom. The second kappa shape index (κ2) is 6.24. The molecule has 1 rings (SSSR count). The van der Waals surface area contributed by atoms with Crippen molar-refractivity contribution in [3.8, 4) is 0 Å². The second-order valence-electron chi connectivity index (χ2n) is 3.91. The molecule has 2 N–H and O–H groups in total. The number of carbonyl (C=O) groups excluding carboxylic acids is 1. The Morgan fingerprint density at radius 3 is 2.44 bits per heavy atom. The Bertz CT molecular complexity index is 411. The van der Waals surface area contributed by atoms with E-state index in [-0.39, 0.29) is 6.54 Å². The summed E-state index contributed by atoms with van der Waals surface area (Å²) in [5.41, 5.74) is -0.770. The molecule has 0 heterocycles. The number of amides is 1. The highest BCUT2D eigenvalue weighted by Gasteiger charge is 2.29. The van der Waals surface area contributed by atoms with Gasteiger partial charge in [-0.05, 0) is 24.1 Å². The molecule has 0 bridgehead atoms. The van der Waals surface area contributed by atoms with Crippen LogP contribution in [0.3, 0.4) is 0 Å². The van der Waals surface area contributed by atoms with Gasteiger partial charge in [0.05, 0.1) is 6.54 Å². The summed E-state index contributed by atoms with van der Waals surface area (Å²) >= 11 is 3.26. The Morgan fingerprint density at radius 2 is 2.00 bits per heavy atom. The minimum absolute atomic E-state index is 0.242. The van der Waals surface area contributed by atoms with Crippen molar-refractivity contribution in [2.24, 2.45) is 0 Å². The molecule has 0 aliphatic heterocycles. The molecule has 0 spiro atoms. The van der Waals surface area contributed by atoms with E-state index in [0.717, 1.165) is 4.47 Å². The van der Waals surface area contributed by atoms with E-state index in [0.29, 0.717) is 12.0 Å². The average molecular weight is 322 g/mol. The third-order valence-electron chi connectivity index (χ3n) is 2.72. The summed E-state index contributed by atoms with van der Waals surface area (Å²) in [7, 11) is 0. The minimum atomic E-state index is -3.07. The number of hydrogen-bond acceptors (Lipinski definition) is 2. The molecule has 0 aliphatic rings. The number of halogens is 3. The number of nitrogens with one attached hydrogen (secondary N) is 1. The predicted molar refractivity (Wildman–Crippen MR) is 67.3 cm³/mol. The van der Waals surface area contributed by atoms with Crippen LogP contribution in [0.1, 0.15) is 18.9 Å². The summed E-state index contributed by atoms with van der Waals surface area (Å²) in [6.07, 6.45) is -2.77. The first-order chi connectivity index (χ1) is 8.39. The fourth-order valence-corrected chi connectivity index (χ4v) is 1.77. The molecule has 1 amide bonds. The fraction of sp³-hybridized carbons (Fsp3) is 0.417. The van der Waals surface area contributed by atoms with Gasteiger partial charge in [-0.15, -0.1) is 0 Å². The lowest BCUT2D eigenvalue weighted by atomic mass is 9.91. The molecule has 0 fully saturated rings.